The fourth-order valence-electron chi connectivity index (χ4n) is 1.21. The smallest absolute Gasteiger partial charge is 0.321 e. The first-order chi connectivity index (χ1) is 8.69. The summed E-state index contributed by atoms with van der Waals surface area (Å²) in [5, 5.41) is 11.1. The Morgan fingerprint density at radius 2 is 1.83 bits per heavy atom. The lowest BCUT2D eigenvalue weighted by Gasteiger charge is -2.03. The van der Waals surface area contributed by atoms with Crippen molar-refractivity contribution in [1.29, 1.82) is 0 Å². The van der Waals surface area contributed by atoms with E-state index in [0.29, 0.717) is 11.1 Å². The van der Waals surface area contributed by atoms with Crippen LogP contribution in [0.15, 0.2) is 36.7 Å². The van der Waals surface area contributed by atoms with Gasteiger partial charge in [0.15, 0.2) is 0 Å². The molecule has 0 aliphatic rings. The van der Waals surface area contributed by atoms with Crippen molar-refractivity contribution < 1.29 is 9.66 Å². The van der Waals surface area contributed by atoms with Crippen LogP contribution in [0.5, 0.6) is 11.8 Å². The summed E-state index contributed by atoms with van der Waals surface area (Å²) in [5.41, 5.74) is 0.948. The molecule has 1 aromatic heterocycles. The molecule has 0 saturated heterocycles. The quantitative estimate of drug-likeness (QED) is 0.492. The van der Waals surface area contributed by atoms with E-state index in [4.69, 9.17) is 4.74 Å². The van der Waals surface area contributed by atoms with Crippen LogP contribution in [0.4, 0.5) is 5.69 Å². The van der Waals surface area contributed by atoms with Gasteiger partial charge in [0.05, 0.1) is 4.92 Å². The molecule has 0 unspecified atom stereocenters. The van der Waals surface area contributed by atoms with Crippen molar-refractivity contribution in [3.8, 4) is 11.8 Å². The number of ether oxygens (including phenoxy) is 1. The van der Waals surface area contributed by atoms with E-state index in [2.05, 4.69) is 25.9 Å². The molecular formula is C11H8BrN3O3. The molecule has 0 aliphatic heterocycles. The molecule has 0 radical (unpaired) electrons. The maximum absolute atomic E-state index is 10.5. The first-order valence-electron chi connectivity index (χ1n) is 4.98. The van der Waals surface area contributed by atoms with E-state index < -0.39 is 4.92 Å². The fourth-order valence-corrected chi connectivity index (χ4v) is 1.50. The van der Waals surface area contributed by atoms with Crippen molar-refractivity contribution in [2.75, 3.05) is 0 Å². The van der Waals surface area contributed by atoms with Gasteiger partial charge in [-0.05, 0) is 17.7 Å². The second-order valence-corrected chi connectivity index (χ2v) is 3.92. The minimum absolute atomic E-state index is 0.0119. The summed E-state index contributed by atoms with van der Waals surface area (Å²) in [5.74, 6) is 0.451. The number of nitrogens with zero attached hydrogens (tertiary/aromatic N) is 3. The van der Waals surface area contributed by atoms with Crippen LogP contribution in [0, 0.1) is 10.1 Å². The van der Waals surface area contributed by atoms with Gasteiger partial charge in [0.25, 0.3) is 5.69 Å². The molecule has 1 aromatic carbocycles. The van der Waals surface area contributed by atoms with E-state index in [0.717, 1.165) is 5.56 Å². The van der Waals surface area contributed by atoms with E-state index in [1.165, 1.54) is 24.3 Å². The number of halogens is 1. The molecule has 0 amide bonds. The van der Waals surface area contributed by atoms with Gasteiger partial charge in [0, 0.05) is 29.9 Å². The summed E-state index contributed by atoms with van der Waals surface area (Å²) in [6.45, 7) is 0. The minimum Gasteiger partial charge on any atom is -0.424 e. The molecule has 18 heavy (non-hydrogen) atoms. The third kappa shape index (κ3) is 3.01. The zero-order valence-electron chi connectivity index (χ0n) is 9.12. The van der Waals surface area contributed by atoms with Gasteiger partial charge in [-0.25, -0.2) is 9.97 Å². The number of alkyl halides is 1. The molecule has 2 rings (SSSR count). The average Bonchev–Trinajstić information content (AvgIpc) is 2.40. The van der Waals surface area contributed by atoms with Gasteiger partial charge in [0.2, 0.25) is 0 Å². The van der Waals surface area contributed by atoms with Gasteiger partial charge in [-0.3, -0.25) is 10.1 Å². The molecule has 0 bridgehead atoms. The highest BCUT2D eigenvalue weighted by Crippen LogP contribution is 2.21. The highest BCUT2D eigenvalue weighted by molar-refractivity contribution is 9.08. The van der Waals surface area contributed by atoms with Crippen LogP contribution in [-0.4, -0.2) is 14.9 Å². The minimum atomic E-state index is -0.467. The van der Waals surface area contributed by atoms with Crippen molar-refractivity contribution in [3.05, 3.63) is 52.3 Å². The van der Waals surface area contributed by atoms with Crippen LogP contribution in [0.25, 0.3) is 0 Å². The van der Waals surface area contributed by atoms with Crippen LogP contribution in [0.1, 0.15) is 5.56 Å². The Balaban J connectivity index is 2.10. The predicted octanol–water partition coefficient (Wildman–Crippen LogP) is 3.07. The monoisotopic (exact) mass is 309 g/mol. The van der Waals surface area contributed by atoms with Crippen molar-refractivity contribution in [1.82, 2.24) is 9.97 Å². The molecule has 0 atom stereocenters. The van der Waals surface area contributed by atoms with E-state index in [-0.39, 0.29) is 11.7 Å². The zero-order chi connectivity index (χ0) is 13.0. The molecule has 0 spiro atoms. The van der Waals surface area contributed by atoms with Gasteiger partial charge in [-0.1, -0.05) is 15.9 Å². The first kappa shape index (κ1) is 12.4. The third-order valence-electron chi connectivity index (χ3n) is 2.09. The van der Waals surface area contributed by atoms with Crippen molar-refractivity contribution in [2.45, 2.75) is 5.33 Å². The molecule has 6 nitrogen and oxygen atoms in total. The van der Waals surface area contributed by atoms with E-state index >= 15 is 0 Å². The van der Waals surface area contributed by atoms with Crippen LogP contribution < -0.4 is 4.74 Å². The number of rotatable bonds is 4. The molecule has 2 aromatic rings. The summed E-state index contributed by atoms with van der Waals surface area (Å²) in [6.07, 6.45) is 3.28. The Morgan fingerprint density at radius 1 is 1.22 bits per heavy atom. The average molecular weight is 310 g/mol. The first-order valence-corrected chi connectivity index (χ1v) is 6.10. The molecule has 92 valence electrons. The number of nitro groups is 1. The molecule has 0 fully saturated rings. The Hall–Kier alpha value is -2.02. The lowest BCUT2D eigenvalue weighted by atomic mass is 10.3. The van der Waals surface area contributed by atoms with Gasteiger partial charge in [0.1, 0.15) is 5.75 Å². The number of aromatic nitrogens is 2. The molecule has 0 N–H and O–H groups in total. The molecular weight excluding hydrogens is 302 g/mol. The summed E-state index contributed by atoms with van der Waals surface area (Å²) < 4.78 is 5.35. The van der Waals surface area contributed by atoms with E-state index in [1.807, 2.05) is 0 Å². The van der Waals surface area contributed by atoms with Crippen molar-refractivity contribution in [3.63, 3.8) is 0 Å². The third-order valence-corrected chi connectivity index (χ3v) is 2.74. The fraction of sp³-hybridized carbons (Fsp3) is 0.0909. The number of non-ortho nitro benzene ring substituents is 1. The summed E-state index contributed by atoms with van der Waals surface area (Å²) in [4.78, 5) is 18.0. The summed E-state index contributed by atoms with van der Waals surface area (Å²) in [6, 6.07) is 5.93. The van der Waals surface area contributed by atoms with Crippen molar-refractivity contribution >= 4 is 21.6 Å². The Morgan fingerprint density at radius 3 is 2.33 bits per heavy atom. The van der Waals surface area contributed by atoms with Gasteiger partial charge in [-0.15, -0.1) is 0 Å². The normalized spacial score (nSPS) is 10.1. The second kappa shape index (κ2) is 5.54. The maximum Gasteiger partial charge on any atom is 0.321 e. The largest absolute Gasteiger partial charge is 0.424 e. The van der Waals surface area contributed by atoms with Crippen molar-refractivity contribution in [2.24, 2.45) is 0 Å². The molecule has 1 heterocycles. The van der Waals surface area contributed by atoms with Gasteiger partial charge < -0.3 is 4.74 Å². The summed E-state index contributed by atoms with van der Waals surface area (Å²) in [7, 11) is 0. The number of hydrogen-bond donors (Lipinski definition) is 0. The maximum atomic E-state index is 10.5. The van der Waals surface area contributed by atoms with Crippen LogP contribution in [-0.2, 0) is 5.33 Å². The SMILES string of the molecule is O=[N+]([O-])c1ccc(Oc2ncc(CBr)cn2)cc1. The lowest BCUT2D eigenvalue weighted by molar-refractivity contribution is -0.384. The number of benzene rings is 1. The standard InChI is InChI=1S/C11H8BrN3O3/c12-5-8-6-13-11(14-7-8)18-10-3-1-9(2-4-10)15(16)17/h1-4,6-7H,5H2. The van der Waals surface area contributed by atoms with Crippen LogP contribution >= 0.6 is 15.9 Å². The molecule has 0 aliphatic carbocycles. The Labute approximate surface area is 111 Å². The highest BCUT2D eigenvalue weighted by Gasteiger charge is 2.06. The second-order valence-electron chi connectivity index (χ2n) is 3.36. The van der Waals surface area contributed by atoms with Gasteiger partial charge in [-0.2, -0.15) is 0 Å². The van der Waals surface area contributed by atoms with Crippen LogP contribution in [0.2, 0.25) is 0 Å². The van der Waals surface area contributed by atoms with Crippen LogP contribution in [0.3, 0.4) is 0 Å². The molecule has 0 saturated carbocycles. The van der Waals surface area contributed by atoms with Gasteiger partial charge >= 0.3 is 6.01 Å². The predicted molar refractivity (Wildman–Crippen MR) is 67.8 cm³/mol. The Kier molecular flexibility index (Phi) is 3.83. The number of nitro benzene ring substituents is 1. The Bertz CT molecular complexity index is 542. The number of hydrogen-bond acceptors (Lipinski definition) is 5. The highest BCUT2D eigenvalue weighted by atomic mass is 79.9. The van der Waals surface area contributed by atoms with E-state index in [1.54, 1.807) is 12.4 Å². The zero-order valence-corrected chi connectivity index (χ0v) is 10.7. The molecule has 7 heteroatoms. The summed E-state index contributed by atoms with van der Waals surface area (Å²) >= 11 is 3.29. The lowest BCUT2D eigenvalue weighted by Crippen LogP contribution is -1.93. The topological polar surface area (TPSA) is 78.2 Å². The van der Waals surface area contributed by atoms with E-state index in [9.17, 15) is 10.1 Å².